The van der Waals surface area contributed by atoms with E-state index in [2.05, 4.69) is 55.6 Å². The molecule has 0 heterocycles. The highest BCUT2D eigenvalue weighted by Crippen LogP contribution is 2.14. The van der Waals surface area contributed by atoms with Crippen LogP contribution in [0.1, 0.15) is 245 Å². The van der Waals surface area contributed by atoms with Crippen LogP contribution in [0.5, 0.6) is 0 Å². The van der Waals surface area contributed by atoms with Crippen LogP contribution in [0.4, 0.5) is 0 Å². The molecule has 0 aliphatic rings. The maximum atomic E-state index is 12.4. The molecule has 0 aromatic carbocycles. The van der Waals surface area contributed by atoms with Gasteiger partial charge in [0.05, 0.1) is 25.4 Å². The minimum atomic E-state index is -0.867. The fourth-order valence-corrected chi connectivity index (χ4v) is 7.18. The van der Waals surface area contributed by atoms with Gasteiger partial charge in [-0.25, -0.2) is 0 Å². The molecule has 0 aromatic heterocycles. The van der Waals surface area contributed by atoms with Crippen molar-refractivity contribution in [2.45, 2.75) is 257 Å². The predicted octanol–water partition coefficient (Wildman–Crippen LogP) is 14.7. The van der Waals surface area contributed by atoms with Gasteiger partial charge in [0.25, 0.3) is 0 Å². The van der Waals surface area contributed by atoms with Gasteiger partial charge in [0.2, 0.25) is 5.91 Å². The zero-order chi connectivity index (χ0) is 42.3. The largest absolute Gasteiger partial charge is 0.466 e. The Kier molecular flexibility index (Phi) is 45.7. The molecule has 3 N–H and O–H groups in total. The summed E-state index contributed by atoms with van der Waals surface area (Å²) in [5.74, 6) is -0.159. The average molecular weight is 814 g/mol. The molecule has 2 unspecified atom stereocenters. The molecule has 0 spiro atoms. The zero-order valence-electron chi connectivity index (χ0n) is 38.3. The highest BCUT2D eigenvalue weighted by Gasteiger charge is 2.18. The molecule has 0 rings (SSSR count). The zero-order valence-corrected chi connectivity index (χ0v) is 38.3. The molecular weight excluding hydrogens is 719 g/mol. The second kappa shape index (κ2) is 47.5. The second-order valence-corrected chi connectivity index (χ2v) is 16.8. The molecule has 58 heavy (non-hydrogen) atoms. The summed E-state index contributed by atoms with van der Waals surface area (Å²) in [4.78, 5) is 24.4. The van der Waals surface area contributed by atoms with Crippen LogP contribution in [0.15, 0.2) is 48.6 Å². The normalized spacial score (nSPS) is 13.1. The summed E-state index contributed by atoms with van der Waals surface area (Å²) in [5.41, 5.74) is 0. The second-order valence-electron chi connectivity index (χ2n) is 16.8. The number of allylic oxidation sites excluding steroid dienone is 7. The van der Waals surface area contributed by atoms with Crippen molar-refractivity contribution in [2.75, 3.05) is 13.2 Å². The van der Waals surface area contributed by atoms with Crippen LogP contribution >= 0.6 is 0 Å². The number of unbranched alkanes of at least 4 members (excludes halogenated alkanes) is 28. The third-order valence-electron chi connectivity index (χ3n) is 11.1. The SMILES string of the molecule is CCCCCC/C=C\C/C=C\CCCCCCCC(=O)OCCCC/C=C\CCCCCCC(=O)NC(CO)C(O)/C=C/CCCCCCCCCCCCCCC. The maximum Gasteiger partial charge on any atom is 0.305 e. The smallest absolute Gasteiger partial charge is 0.305 e. The van der Waals surface area contributed by atoms with Gasteiger partial charge < -0.3 is 20.3 Å². The fourth-order valence-electron chi connectivity index (χ4n) is 7.18. The first-order valence-electron chi connectivity index (χ1n) is 24.9. The fraction of sp³-hybridized carbons (Fsp3) is 0.808. The van der Waals surface area contributed by atoms with Gasteiger partial charge in [-0.15, -0.1) is 0 Å². The number of ether oxygens (including phenoxy) is 1. The van der Waals surface area contributed by atoms with E-state index < -0.39 is 12.1 Å². The van der Waals surface area contributed by atoms with Crippen LogP contribution in [-0.2, 0) is 14.3 Å². The first kappa shape index (κ1) is 55.8. The van der Waals surface area contributed by atoms with E-state index in [1.54, 1.807) is 6.08 Å². The Morgan fingerprint density at radius 2 is 0.862 bits per heavy atom. The summed E-state index contributed by atoms with van der Waals surface area (Å²) < 4.78 is 5.42. The van der Waals surface area contributed by atoms with Gasteiger partial charge in [-0.1, -0.05) is 191 Å². The Morgan fingerprint density at radius 1 is 0.483 bits per heavy atom. The van der Waals surface area contributed by atoms with Crippen LogP contribution in [0, 0.1) is 0 Å². The number of hydrogen-bond acceptors (Lipinski definition) is 5. The number of aliphatic hydroxyl groups is 2. The lowest BCUT2D eigenvalue weighted by molar-refractivity contribution is -0.143. The summed E-state index contributed by atoms with van der Waals surface area (Å²) in [7, 11) is 0. The molecule has 0 aromatic rings. The Labute approximate surface area is 359 Å². The van der Waals surface area contributed by atoms with Gasteiger partial charge in [0.15, 0.2) is 0 Å². The number of nitrogens with one attached hydrogen (secondary N) is 1. The first-order valence-corrected chi connectivity index (χ1v) is 24.9. The number of amides is 1. The summed E-state index contributed by atoms with van der Waals surface area (Å²) in [6.07, 6.45) is 58.2. The van der Waals surface area contributed by atoms with E-state index in [9.17, 15) is 19.8 Å². The van der Waals surface area contributed by atoms with E-state index >= 15 is 0 Å². The average Bonchev–Trinajstić information content (AvgIpc) is 3.22. The summed E-state index contributed by atoms with van der Waals surface area (Å²) in [5, 5.41) is 23.0. The van der Waals surface area contributed by atoms with Crippen molar-refractivity contribution in [3.05, 3.63) is 48.6 Å². The van der Waals surface area contributed by atoms with Crippen LogP contribution in [0.25, 0.3) is 0 Å². The van der Waals surface area contributed by atoms with Crippen molar-refractivity contribution in [1.29, 1.82) is 0 Å². The molecular formula is C52H95NO5. The highest BCUT2D eigenvalue weighted by atomic mass is 16.5. The van der Waals surface area contributed by atoms with E-state index in [0.717, 1.165) is 89.9 Å². The topological polar surface area (TPSA) is 95.9 Å². The molecule has 0 aliphatic heterocycles. The number of carbonyl (C=O) groups excluding carboxylic acids is 2. The van der Waals surface area contributed by atoms with Crippen LogP contribution in [-0.4, -0.2) is 47.4 Å². The van der Waals surface area contributed by atoms with Crippen LogP contribution in [0.2, 0.25) is 0 Å². The van der Waals surface area contributed by atoms with Crippen LogP contribution < -0.4 is 5.32 Å². The van der Waals surface area contributed by atoms with Gasteiger partial charge in [0, 0.05) is 12.8 Å². The van der Waals surface area contributed by atoms with Crippen molar-refractivity contribution in [2.24, 2.45) is 0 Å². The number of carbonyl (C=O) groups is 2. The number of aliphatic hydroxyl groups excluding tert-OH is 2. The van der Waals surface area contributed by atoms with Crippen molar-refractivity contribution in [3.63, 3.8) is 0 Å². The van der Waals surface area contributed by atoms with Gasteiger partial charge in [0.1, 0.15) is 0 Å². The maximum absolute atomic E-state index is 12.4. The van der Waals surface area contributed by atoms with Gasteiger partial charge in [-0.05, 0) is 89.9 Å². The van der Waals surface area contributed by atoms with E-state index in [4.69, 9.17) is 4.74 Å². The van der Waals surface area contributed by atoms with Gasteiger partial charge in [-0.3, -0.25) is 9.59 Å². The van der Waals surface area contributed by atoms with Crippen molar-refractivity contribution >= 4 is 11.9 Å². The Bertz CT molecular complexity index is 988. The molecule has 0 aliphatic carbocycles. The van der Waals surface area contributed by atoms with Crippen LogP contribution in [0.3, 0.4) is 0 Å². The van der Waals surface area contributed by atoms with E-state index in [1.807, 2.05) is 6.08 Å². The molecule has 2 atom stereocenters. The minimum Gasteiger partial charge on any atom is -0.466 e. The van der Waals surface area contributed by atoms with Gasteiger partial charge >= 0.3 is 5.97 Å². The summed E-state index contributed by atoms with van der Waals surface area (Å²) >= 11 is 0. The molecule has 0 fully saturated rings. The lowest BCUT2D eigenvalue weighted by Gasteiger charge is -2.20. The molecule has 6 heteroatoms. The minimum absolute atomic E-state index is 0.0529. The molecule has 1 amide bonds. The third-order valence-corrected chi connectivity index (χ3v) is 11.1. The van der Waals surface area contributed by atoms with E-state index in [0.29, 0.717) is 19.4 Å². The van der Waals surface area contributed by atoms with Crippen molar-refractivity contribution < 1.29 is 24.5 Å². The monoisotopic (exact) mass is 814 g/mol. The van der Waals surface area contributed by atoms with Crippen molar-refractivity contribution in [1.82, 2.24) is 5.32 Å². The number of hydrogen-bond donors (Lipinski definition) is 3. The van der Waals surface area contributed by atoms with Crippen molar-refractivity contribution in [3.8, 4) is 0 Å². The highest BCUT2D eigenvalue weighted by molar-refractivity contribution is 5.76. The molecule has 6 nitrogen and oxygen atoms in total. The lowest BCUT2D eigenvalue weighted by Crippen LogP contribution is -2.45. The summed E-state index contributed by atoms with van der Waals surface area (Å²) in [6.45, 7) is 4.77. The van der Waals surface area contributed by atoms with Gasteiger partial charge in [-0.2, -0.15) is 0 Å². The molecule has 338 valence electrons. The predicted molar refractivity (Wildman–Crippen MR) is 250 cm³/mol. The van der Waals surface area contributed by atoms with E-state index in [1.165, 1.54) is 128 Å². The number of esters is 1. The molecule has 0 saturated heterocycles. The Hall–Kier alpha value is -2.18. The standard InChI is InChI=1S/C52H95NO5/c1-3-5-7-9-11-13-15-17-19-21-23-25-30-34-38-42-46-52(57)58-47-43-39-35-31-27-26-29-33-37-41-45-51(56)53-49(48-54)50(55)44-40-36-32-28-24-22-20-18-16-14-12-10-8-6-4-2/h13,15,19,21,27,31,40,44,49-50,54-55H,3-12,14,16-18,20,22-26,28-30,32-39,41-43,45-48H2,1-2H3,(H,53,56)/b15-13-,21-19-,31-27-,44-40+. The third kappa shape index (κ3) is 43.4. The quantitative estimate of drug-likeness (QED) is 0.0323. The summed E-state index contributed by atoms with van der Waals surface area (Å²) in [6, 6.07) is -0.655. The Morgan fingerprint density at radius 3 is 1.34 bits per heavy atom. The molecule has 0 bridgehead atoms. The van der Waals surface area contributed by atoms with E-state index in [-0.39, 0.29) is 18.5 Å². The lowest BCUT2D eigenvalue weighted by atomic mass is 10.0. The number of rotatable bonds is 45. The Balaban J connectivity index is 3.59. The first-order chi connectivity index (χ1) is 28.5. The molecule has 0 radical (unpaired) electrons. The molecule has 0 saturated carbocycles.